The molecule has 24 heavy (non-hydrogen) atoms. The van der Waals surface area contributed by atoms with Crippen LogP contribution in [0.3, 0.4) is 0 Å². The molecule has 0 saturated carbocycles. The number of rotatable bonds is 4. The van der Waals surface area contributed by atoms with Crippen molar-refractivity contribution in [3.8, 4) is 5.88 Å². The zero-order valence-electron chi connectivity index (χ0n) is 13.3. The molecule has 0 radical (unpaired) electrons. The smallest absolute Gasteiger partial charge is 0.221 e. The molecule has 6 nitrogen and oxygen atoms in total. The highest BCUT2D eigenvalue weighted by atomic mass is 32.2. The van der Waals surface area contributed by atoms with E-state index < -0.39 is 0 Å². The van der Waals surface area contributed by atoms with Gasteiger partial charge in [-0.15, -0.1) is 22.0 Å². The molecule has 0 amide bonds. The Hall–Kier alpha value is -1.29. The van der Waals surface area contributed by atoms with Gasteiger partial charge in [-0.05, 0) is 36.7 Å². The SMILES string of the molecule is CSc1ccc2c(c1)c(N=NC(N)=S)c(O)n2CN1CCSCC1. The first-order valence-electron chi connectivity index (χ1n) is 7.50. The highest BCUT2D eigenvalue weighted by Crippen LogP contribution is 2.40. The first-order valence-corrected chi connectivity index (χ1v) is 10.3. The predicted molar refractivity (Wildman–Crippen MR) is 106 cm³/mol. The number of aromatic nitrogens is 1. The minimum Gasteiger partial charge on any atom is -0.493 e. The molecule has 0 bridgehead atoms. The van der Waals surface area contributed by atoms with Crippen molar-refractivity contribution in [2.45, 2.75) is 11.6 Å². The minimum atomic E-state index is -0.0515. The standard InChI is InChI=1S/C15H19N5OS3/c1-23-10-2-3-12-11(8-10)13(17-18-15(16)22)14(21)20(12)9-19-4-6-24-7-5-19/h2-3,8,21H,4-7,9H2,1H3,(H2,16,22). The van der Waals surface area contributed by atoms with Gasteiger partial charge in [0.1, 0.15) is 0 Å². The van der Waals surface area contributed by atoms with Gasteiger partial charge in [0, 0.05) is 34.9 Å². The molecule has 1 aliphatic rings. The van der Waals surface area contributed by atoms with Crippen molar-refractivity contribution in [3.05, 3.63) is 18.2 Å². The number of nitrogens with zero attached hydrogens (tertiary/aromatic N) is 4. The molecule has 1 aliphatic heterocycles. The lowest BCUT2D eigenvalue weighted by molar-refractivity contribution is 0.232. The summed E-state index contributed by atoms with van der Waals surface area (Å²) in [5.74, 6) is 2.33. The van der Waals surface area contributed by atoms with Crippen molar-refractivity contribution in [2.75, 3.05) is 30.9 Å². The first kappa shape index (κ1) is 17.5. The van der Waals surface area contributed by atoms with Crippen molar-refractivity contribution < 1.29 is 5.11 Å². The molecule has 1 aromatic heterocycles. The number of benzene rings is 1. The predicted octanol–water partition coefficient (Wildman–Crippen LogP) is 3.40. The number of aromatic hydroxyl groups is 1. The second kappa shape index (κ2) is 7.73. The fourth-order valence-electron chi connectivity index (χ4n) is 2.71. The summed E-state index contributed by atoms with van der Waals surface area (Å²) in [6, 6.07) is 6.07. The Morgan fingerprint density at radius 2 is 2.17 bits per heavy atom. The normalized spacial score (nSPS) is 16.2. The Bertz CT molecular complexity index is 783. The summed E-state index contributed by atoms with van der Waals surface area (Å²) in [4.78, 5) is 3.42. The van der Waals surface area contributed by atoms with Crippen LogP contribution in [-0.2, 0) is 6.67 Å². The van der Waals surface area contributed by atoms with Gasteiger partial charge in [-0.3, -0.25) is 9.47 Å². The fraction of sp³-hybridized carbons (Fsp3) is 0.400. The lowest BCUT2D eigenvalue weighted by Gasteiger charge is -2.27. The Morgan fingerprint density at radius 3 is 2.83 bits per heavy atom. The van der Waals surface area contributed by atoms with Gasteiger partial charge in [0.25, 0.3) is 0 Å². The van der Waals surface area contributed by atoms with Gasteiger partial charge >= 0.3 is 0 Å². The third kappa shape index (κ3) is 3.69. The third-order valence-corrected chi connectivity index (χ3v) is 5.66. The largest absolute Gasteiger partial charge is 0.493 e. The minimum absolute atomic E-state index is 0.0515. The summed E-state index contributed by atoms with van der Waals surface area (Å²) in [7, 11) is 0. The van der Waals surface area contributed by atoms with Crippen LogP contribution < -0.4 is 5.73 Å². The van der Waals surface area contributed by atoms with Crippen LogP contribution in [0.25, 0.3) is 10.9 Å². The molecule has 128 valence electrons. The molecule has 0 aliphatic carbocycles. The fourth-order valence-corrected chi connectivity index (χ4v) is 4.17. The third-order valence-electron chi connectivity index (χ3n) is 3.91. The maximum Gasteiger partial charge on any atom is 0.221 e. The monoisotopic (exact) mass is 381 g/mol. The Morgan fingerprint density at radius 1 is 1.42 bits per heavy atom. The average Bonchev–Trinajstić information content (AvgIpc) is 2.85. The maximum atomic E-state index is 10.7. The maximum absolute atomic E-state index is 10.7. The van der Waals surface area contributed by atoms with Gasteiger partial charge in [0.2, 0.25) is 11.0 Å². The Labute approximate surface area is 154 Å². The lowest BCUT2D eigenvalue weighted by atomic mass is 10.2. The van der Waals surface area contributed by atoms with Crippen molar-refractivity contribution in [1.29, 1.82) is 0 Å². The van der Waals surface area contributed by atoms with Crippen LogP contribution in [0.5, 0.6) is 5.88 Å². The van der Waals surface area contributed by atoms with E-state index in [0.717, 1.165) is 40.4 Å². The highest BCUT2D eigenvalue weighted by Gasteiger charge is 2.20. The van der Waals surface area contributed by atoms with E-state index in [0.29, 0.717) is 12.4 Å². The van der Waals surface area contributed by atoms with E-state index in [1.165, 1.54) is 0 Å². The zero-order valence-corrected chi connectivity index (χ0v) is 15.8. The van der Waals surface area contributed by atoms with Gasteiger partial charge in [0.05, 0.1) is 12.2 Å². The molecule has 2 aromatic rings. The Balaban J connectivity index is 2.06. The van der Waals surface area contributed by atoms with Crippen LogP contribution in [0.2, 0.25) is 0 Å². The van der Waals surface area contributed by atoms with Crippen molar-refractivity contribution in [3.63, 3.8) is 0 Å². The van der Waals surface area contributed by atoms with E-state index in [9.17, 15) is 5.11 Å². The van der Waals surface area contributed by atoms with Gasteiger partial charge in [-0.1, -0.05) is 0 Å². The molecule has 2 heterocycles. The van der Waals surface area contributed by atoms with Crippen LogP contribution in [-0.4, -0.2) is 50.5 Å². The number of fused-ring (bicyclic) bond motifs is 1. The van der Waals surface area contributed by atoms with E-state index in [4.69, 9.17) is 18.0 Å². The quantitative estimate of drug-likeness (QED) is 0.480. The average molecular weight is 382 g/mol. The molecule has 9 heteroatoms. The number of thioether (sulfide) groups is 2. The van der Waals surface area contributed by atoms with Crippen LogP contribution in [0.15, 0.2) is 33.3 Å². The second-order valence-corrected chi connectivity index (χ2v) is 7.92. The summed E-state index contributed by atoms with van der Waals surface area (Å²) in [5.41, 5.74) is 6.76. The van der Waals surface area contributed by atoms with Crippen molar-refractivity contribution in [2.24, 2.45) is 16.0 Å². The molecule has 3 rings (SSSR count). The van der Waals surface area contributed by atoms with E-state index >= 15 is 0 Å². The summed E-state index contributed by atoms with van der Waals surface area (Å²) in [5, 5.41) is 19.3. The van der Waals surface area contributed by atoms with Crippen molar-refractivity contribution in [1.82, 2.24) is 9.47 Å². The van der Waals surface area contributed by atoms with Crippen molar-refractivity contribution >= 4 is 57.4 Å². The number of hydrogen-bond donors (Lipinski definition) is 2. The number of nitrogens with two attached hydrogens (primary N) is 1. The number of thiocarbonyl (C=S) groups is 1. The molecule has 1 aromatic carbocycles. The molecule has 0 spiro atoms. The van der Waals surface area contributed by atoms with E-state index in [2.05, 4.69) is 15.1 Å². The lowest BCUT2D eigenvalue weighted by Crippen LogP contribution is -2.34. The summed E-state index contributed by atoms with van der Waals surface area (Å²) in [6.45, 7) is 2.65. The highest BCUT2D eigenvalue weighted by molar-refractivity contribution is 7.99. The molecule has 0 atom stereocenters. The van der Waals surface area contributed by atoms with Crippen LogP contribution >= 0.6 is 35.7 Å². The molecule has 1 saturated heterocycles. The summed E-state index contributed by atoms with van der Waals surface area (Å²) in [6.07, 6.45) is 2.01. The van der Waals surface area contributed by atoms with Gasteiger partial charge in [0.15, 0.2) is 5.69 Å². The van der Waals surface area contributed by atoms with Crippen LogP contribution in [0.4, 0.5) is 5.69 Å². The first-order chi connectivity index (χ1) is 11.6. The summed E-state index contributed by atoms with van der Waals surface area (Å²) < 4.78 is 1.88. The second-order valence-electron chi connectivity index (χ2n) is 5.39. The molecular weight excluding hydrogens is 362 g/mol. The molecular formula is C15H19N5OS3. The van der Waals surface area contributed by atoms with E-state index in [-0.39, 0.29) is 11.0 Å². The number of azo groups is 1. The number of hydrogen-bond acceptors (Lipinski definition) is 6. The van der Waals surface area contributed by atoms with Crippen LogP contribution in [0, 0.1) is 0 Å². The zero-order chi connectivity index (χ0) is 17.1. The molecule has 1 fully saturated rings. The van der Waals surface area contributed by atoms with Crippen LogP contribution in [0.1, 0.15) is 0 Å². The Kier molecular flexibility index (Phi) is 5.65. The van der Waals surface area contributed by atoms with Gasteiger partial charge in [-0.25, -0.2) is 0 Å². The van der Waals surface area contributed by atoms with E-state index in [1.807, 2.05) is 40.8 Å². The van der Waals surface area contributed by atoms with E-state index in [1.54, 1.807) is 11.8 Å². The summed E-state index contributed by atoms with van der Waals surface area (Å²) >= 11 is 8.36. The molecule has 3 N–H and O–H groups in total. The van der Waals surface area contributed by atoms with Gasteiger partial charge < -0.3 is 10.8 Å². The topological polar surface area (TPSA) is 79.1 Å². The van der Waals surface area contributed by atoms with Gasteiger partial charge in [-0.2, -0.15) is 11.8 Å². The molecule has 0 unspecified atom stereocenters.